The normalized spacial score (nSPS) is 13.3. The summed E-state index contributed by atoms with van der Waals surface area (Å²) < 4.78 is 36.9. The van der Waals surface area contributed by atoms with Crippen molar-refractivity contribution in [3.63, 3.8) is 0 Å². The summed E-state index contributed by atoms with van der Waals surface area (Å²) in [6.07, 6.45) is -3.26. The molecule has 0 aromatic carbocycles. The monoisotopic (exact) mass is 294 g/mol. The van der Waals surface area contributed by atoms with Crippen LogP contribution in [0.25, 0.3) is 0 Å². The van der Waals surface area contributed by atoms with Crippen LogP contribution in [-0.2, 0) is 11.0 Å². The average Bonchev–Trinajstić information content (AvgIpc) is 2.33. The first-order valence-electron chi connectivity index (χ1n) is 5.40. The second-order valence-corrected chi connectivity index (χ2v) is 4.81. The molecular formula is C11H13F3N2O2S. The molecule has 0 aliphatic rings. The number of rotatable bonds is 6. The van der Waals surface area contributed by atoms with Crippen molar-refractivity contribution in [1.82, 2.24) is 10.3 Å². The Morgan fingerprint density at radius 1 is 1.53 bits per heavy atom. The number of carboxylic acid groups (broad SMARTS) is 1. The molecule has 0 saturated heterocycles. The Balaban J connectivity index is 2.49. The van der Waals surface area contributed by atoms with Crippen molar-refractivity contribution in [1.29, 1.82) is 0 Å². The first-order valence-corrected chi connectivity index (χ1v) is 6.39. The average molecular weight is 294 g/mol. The van der Waals surface area contributed by atoms with Crippen LogP contribution in [0.15, 0.2) is 23.4 Å². The third kappa shape index (κ3) is 5.07. The highest BCUT2D eigenvalue weighted by Gasteiger charge is 2.30. The number of nitrogens with one attached hydrogen (secondary N) is 1. The number of nitrogens with zero attached hydrogens (tertiary/aromatic N) is 1. The van der Waals surface area contributed by atoms with Crippen molar-refractivity contribution in [2.75, 3.05) is 12.8 Å². The molecule has 1 atom stereocenters. The molecule has 1 aromatic rings. The lowest BCUT2D eigenvalue weighted by Crippen LogP contribution is -2.34. The minimum absolute atomic E-state index is 0.360. The largest absolute Gasteiger partial charge is 0.480 e. The number of thioether (sulfide) groups is 1. The molecule has 0 aliphatic heterocycles. The number of carbonyl (C=O) groups is 1. The van der Waals surface area contributed by atoms with Crippen molar-refractivity contribution in [2.24, 2.45) is 0 Å². The standard InChI is InChI=1S/C11H13F3N2O2S/c1-15-8(10(17)18)4-5-19-9-3-2-7(6-16-9)11(12,13)14/h2-3,6,8,15H,4-5H2,1H3,(H,17,18). The van der Waals surface area contributed by atoms with Crippen LogP contribution >= 0.6 is 11.8 Å². The van der Waals surface area contributed by atoms with Gasteiger partial charge < -0.3 is 10.4 Å². The molecule has 106 valence electrons. The van der Waals surface area contributed by atoms with Crippen LogP contribution in [-0.4, -0.2) is 34.9 Å². The summed E-state index contributed by atoms with van der Waals surface area (Å²) in [5, 5.41) is 11.9. The molecule has 2 N–H and O–H groups in total. The molecule has 4 nitrogen and oxygen atoms in total. The molecule has 0 spiro atoms. The summed E-state index contributed by atoms with van der Waals surface area (Å²) in [5.41, 5.74) is -0.796. The highest BCUT2D eigenvalue weighted by Crippen LogP contribution is 2.29. The summed E-state index contributed by atoms with van der Waals surface area (Å²) in [5.74, 6) is -0.501. The Labute approximate surface area is 112 Å². The Morgan fingerprint density at radius 2 is 2.21 bits per heavy atom. The van der Waals surface area contributed by atoms with Gasteiger partial charge in [0, 0.05) is 11.9 Å². The molecule has 0 bridgehead atoms. The van der Waals surface area contributed by atoms with Crippen molar-refractivity contribution in [2.45, 2.75) is 23.7 Å². The van der Waals surface area contributed by atoms with Crippen molar-refractivity contribution < 1.29 is 23.1 Å². The summed E-state index contributed by atoms with van der Waals surface area (Å²) in [7, 11) is 1.54. The van der Waals surface area contributed by atoms with Crippen LogP contribution in [0.3, 0.4) is 0 Å². The van der Waals surface area contributed by atoms with Crippen LogP contribution < -0.4 is 5.32 Å². The van der Waals surface area contributed by atoms with Gasteiger partial charge in [-0.05, 0) is 25.6 Å². The van der Waals surface area contributed by atoms with E-state index in [0.29, 0.717) is 17.2 Å². The SMILES string of the molecule is CNC(CCSc1ccc(C(F)(F)F)cn1)C(=O)O. The minimum atomic E-state index is -4.39. The van der Waals surface area contributed by atoms with Crippen LogP contribution in [0.5, 0.6) is 0 Å². The van der Waals surface area contributed by atoms with E-state index in [1.807, 2.05) is 0 Å². The maximum Gasteiger partial charge on any atom is 0.417 e. The molecule has 1 unspecified atom stereocenters. The lowest BCUT2D eigenvalue weighted by Gasteiger charge is -2.10. The molecule has 1 aromatic heterocycles. The molecule has 0 aliphatic carbocycles. The van der Waals surface area contributed by atoms with Gasteiger partial charge in [0.1, 0.15) is 6.04 Å². The molecule has 1 rings (SSSR count). The van der Waals surface area contributed by atoms with Gasteiger partial charge in [0.15, 0.2) is 0 Å². The van der Waals surface area contributed by atoms with E-state index in [9.17, 15) is 18.0 Å². The van der Waals surface area contributed by atoms with Gasteiger partial charge in [-0.25, -0.2) is 4.98 Å². The second kappa shape index (κ2) is 6.76. The van der Waals surface area contributed by atoms with Gasteiger partial charge in [-0.3, -0.25) is 4.79 Å². The lowest BCUT2D eigenvalue weighted by atomic mass is 10.2. The Bertz CT molecular complexity index is 423. The van der Waals surface area contributed by atoms with Gasteiger partial charge >= 0.3 is 12.1 Å². The highest BCUT2D eigenvalue weighted by atomic mass is 32.2. The van der Waals surface area contributed by atoms with Gasteiger partial charge in [0.2, 0.25) is 0 Å². The maximum atomic E-state index is 12.3. The number of alkyl halides is 3. The Morgan fingerprint density at radius 3 is 2.63 bits per heavy atom. The molecule has 0 fully saturated rings. The topological polar surface area (TPSA) is 62.2 Å². The van der Waals surface area contributed by atoms with E-state index < -0.39 is 23.8 Å². The molecule has 1 heterocycles. The number of hydrogen-bond donors (Lipinski definition) is 2. The fourth-order valence-corrected chi connectivity index (χ4v) is 2.16. The van der Waals surface area contributed by atoms with E-state index in [1.165, 1.54) is 17.8 Å². The molecule has 0 saturated carbocycles. The van der Waals surface area contributed by atoms with Gasteiger partial charge in [0.05, 0.1) is 10.6 Å². The van der Waals surface area contributed by atoms with E-state index in [4.69, 9.17) is 5.11 Å². The Hall–Kier alpha value is -1.28. The molecule has 0 radical (unpaired) electrons. The van der Waals surface area contributed by atoms with Crippen LogP contribution in [0.2, 0.25) is 0 Å². The van der Waals surface area contributed by atoms with Crippen molar-refractivity contribution >= 4 is 17.7 Å². The summed E-state index contributed by atoms with van der Waals surface area (Å²) in [6.45, 7) is 0. The minimum Gasteiger partial charge on any atom is -0.480 e. The predicted molar refractivity (Wildman–Crippen MR) is 65.1 cm³/mol. The number of halogens is 3. The zero-order valence-corrected chi connectivity index (χ0v) is 10.9. The van der Waals surface area contributed by atoms with Gasteiger partial charge in [-0.15, -0.1) is 11.8 Å². The van der Waals surface area contributed by atoms with E-state index in [1.54, 1.807) is 7.05 Å². The zero-order valence-electron chi connectivity index (χ0n) is 10.1. The maximum absolute atomic E-state index is 12.3. The fraction of sp³-hybridized carbons (Fsp3) is 0.455. The first kappa shape index (κ1) is 15.8. The number of likely N-dealkylation sites (N-methyl/N-ethyl adjacent to an activating group) is 1. The van der Waals surface area contributed by atoms with E-state index >= 15 is 0 Å². The quantitative estimate of drug-likeness (QED) is 0.788. The summed E-state index contributed by atoms with van der Waals surface area (Å²) in [6, 6.07) is 1.58. The van der Waals surface area contributed by atoms with E-state index in [0.717, 1.165) is 12.3 Å². The van der Waals surface area contributed by atoms with Gasteiger partial charge in [-0.2, -0.15) is 13.2 Å². The smallest absolute Gasteiger partial charge is 0.417 e. The second-order valence-electron chi connectivity index (χ2n) is 3.70. The molecule has 19 heavy (non-hydrogen) atoms. The summed E-state index contributed by atoms with van der Waals surface area (Å²) in [4.78, 5) is 14.4. The third-order valence-corrected chi connectivity index (χ3v) is 3.34. The van der Waals surface area contributed by atoms with Crippen molar-refractivity contribution in [3.05, 3.63) is 23.9 Å². The first-order chi connectivity index (χ1) is 8.84. The molecule has 8 heteroatoms. The fourth-order valence-electron chi connectivity index (χ4n) is 1.31. The Kier molecular flexibility index (Phi) is 5.61. The summed E-state index contributed by atoms with van der Waals surface area (Å²) >= 11 is 1.22. The number of aliphatic carboxylic acids is 1. The number of aromatic nitrogens is 1. The number of hydrogen-bond acceptors (Lipinski definition) is 4. The van der Waals surface area contributed by atoms with Crippen LogP contribution in [0, 0.1) is 0 Å². The zero-order chi connectivity index (χ0) is 14.5. The van der Waals surface area contributed by atoms with Crippen LogP contribution in [0.1, 0.15) is 12.0 Å². The molecular weight excluding hydrogens is 281 g/mol. The highest BCUT2D eigenvalue weighted by molar-refractivity contribution is 7.99. The van der Waals surface area contributed by atoms with Crippen molar-refractivity contribution in [3.8, 4) is 0 Å². The molecule has 0 amide bonds. The van der Waals surface area contributed by atoms with Crippen LogP contribution in [0.4, 0.5) is 13.2 Å². The third-order valence-electron chi connectivity index (χ3n) is 2.37. The van der Waals surface area contributed by atoms with E-state index in [2.05, 4.69) is 10.3 Å². The van der Waals surface area contributed by atoms with Gasteiger partial charge in [0.25, 0.3) is 0 Å². The lowest BCUT2D eigenvalue weighted by molar-refractivity contribution is -0.139. The number of carboxylic acids is 1. The number of pyridine rings is 1. The van der Waals surface area contributed by atoms with E-state index in [-0.39, 0.29) is 0 Å². The predicted octanol–water partition coefficient (Wildman–Crippen LogP) is 2.26. The van der Waals surface area contributed by atoms with Gasteiger partial charge in [-0.1, -0.05) is 0 Å².